The predicted molar refractivity (Wildman–Crippen MR) is 91.0 cm³/mol. The van der Waals surface area contributed by atoms with Gasteiger partial charge in [-0.1, -0.05) is 28.1 Å². The largest absolute Gasteiger partial charge is 0.468 e. The molecule has 1 aromatic carbocycles. The van der Waals surface area contributed by atoms with Crippen LogP contribution >= 0.6 is 15.9 Å². The number of guanidine groups is 1. The second-order valence-electron chi connectivity index (χ2n) is 5.45. The van der Waals surface area contributed by atoms with E-state index in [1.54, 1.807) is 6.26 Å². The Labute approximate surface area is 137 Å². The molecule has 2 aromatic rings. The van der Waals surface area contributed by atoms with Crippen molar-refractivity contribution in [2.24, 2.45) is 21.7 Å². The van der Waals surface area contributed by atoms with Gasteiger partial charge >= 0.3 is 0 Å². The van der Waals surface area contributed by atoms with Crippen LogP contribution in [0.1, 0.15) is 34.8 Å². The van der Waals surface area contributed by atoms with Gasteiger partial charge in [0.1, 0.15) is 5.76 Å². The van der Waals surface area contributed by atoms with Crippen molar-refractivity contribution >= 4 is 27.6 Å². The topological polar surface area (TPSA) is 89.9 Å². The summed E-state index contributed by atoms with van der Waals surface area (Å²) in [5.74, 6) is 1.21. The van der Waals surface area contributed by atoms with Crippen molar-refractivity contribution in [1.29, 1.82) is 0 Å². The van der Waals surface area contributed by atoms with Crippen LogP contribution in [0.3, 0.4) is 0 Å². The quantitative estimate of drug-likeness (QED) is 0.489. The van der Waals surface area contributed by atoms with E-state index in [0.717, 1.165) is 39.9 Å². The zero-order chi connectivity index (χ0) is 15.7. The first-order valence-corrected chi connectivity index (χ1v) is 7.82. The van der Waals surface area contributed by atoms with Crippen molar-refractivity contribution in [3.8, 4) is 0 Å². The Morgan fingerprint density at radius 3 is 2.64 bits per heavy atom. The Bertz CT molecular complexity index is 742. The fourth-order valence-corrected chi connectivity index (χ4v) is 3.11. The normalized spacial score (nSPS) is 19.0. The lowest BCUT2D eigenvalue weighted by atomic mass is 9.81. The van der Waals surface area contributed by atoms with E-state index in [1.807, 2.05) is 19.1 Å². The summed E-state index contributed by atoms with van der Waals surface area (Å²) in [6.45, 7) is 2.01. The standard InChI is InChI=1S/C16H17BrN4O/c1-9-8-22-14-7-11(10-2-4-12(17)5-3-10)6-13(15(9)14)20-21-16(18)19/h2-5,8,11H,6-7H2,1H3,(H4,18,19,21)/b20-13+. The summed E-state index contributed by atoms with van der Waals surface area (Å²) in [6, 6.07) is 8.33. The Morgan fingerprint density at radius 2 is 1.95 bits per heavy atom. The maximum Gasteiger partial charge on any atom is 0.211 e. The van der Waals surface area contributed by atoms with Gasteiger partial charge in [-0.15, -0.1) is 5.10 Å². The molecule has 1 aromatic heterocycles. The fraction of sp³-hybridized carbons (Fsp3) is 0.250. The predicted octanol–water partition coefficient (Wildman–Crippen LogP) is 3.06. The number of halogens is 1. The third-order valence-electron chi connectivity index (χ3n) is 3.84. The summed E-state index contributed by atoms with van der Waals surface area (Å²) >= 11 is 3.46. The zero-order valence-electron chi connectivity index (χ0n) is 12.2. The second-order valence-corrected chi connectivity index (χ2v) is 6.36. The van der Waals surface area contributed by atoms with E-state index in [9.17, 15) is 0 Å². The lowest BCUT2D eigenvalue weighted by molar-refractivity contribution is 0.480. The summed E-state index contributed by atoms with van der Waals surface area (Å²) in [6.07, 6.45) is 3.40. The van der Waals surface area contributed by atoms with Crippen LogP contribution < -0.4 is 11.5 Å². The van der Waals surface area contributed by atoms with Crippen LogP contribution in [-0.2, 0) is 6.42 Å². The third-order valence-corrected chi connectivity index (χ3v) is 4.37. The minimum Gasteiger partial charge on any atom is -0.468 e. The first kappa shape index (κ1) is 14.8. The molecule has 0 bridgehead atoms. The molecule has 22 heavy (non-hydrogen) atoms. The molecule has 0 fully saturated rings. The number of nitrogens with two attached hydrogens (primary N) is 2. The number of aryl methyl sites for hydroxylation is 1. The highest BCUT2D eigenvalue weighted by Gasteiger charge is 2.29. The Hall–Kier alpha value is -2.08. The maximum atomic E-state index is 5.70. The molecule has 0 saturated carbocycles. The summed E-state index contributed by atoms with van der Waals surface area (Å²) < 4.78 is 6.76. The Morgan fingerprint density at radius 1 is 1.23 bits per heavy atom. The van der Waals surface area contributed by atoms with Crippen LogP contribution in [0.5, 0.6) is 0 Å². The van der Waals surface area contributed by atoms with E-state index in [0.29, 0.717) is 5.92 Å². The van der Waals surface area contributed by atoms with E-state index >= 15 is 0 Å². The number of rotatable bonds is 2. The van der Waals surface area contributed by atoms with Gasteiger partial charge in [0.25, 0.3) is 0 Å². The molecule has 0 aliphatic heterocycles. The highest BCUT2D eigenvalue weighted by molar-refractivity contribution is 9.10. The average Bonchev–Trinajstić information content (AvgIpc) is 2.87. The molecule has 5 nitrogen and oxygen atoms in total. The first-order chi connectivity index (χ1) is 10.5. The minimum absolute atomic E-state index is 0.0408. The number of hydrogen-bond donors (Lipinski definition) is 2. The third kappa shape index (κ3) is 2.92. The van der Waals surface area contributed by atoms with Crippen LogP contribution in [0, 0.1) is 6.92 Å². The molecule has 6 heteroatoms. The Balaban J connectivity index is 2.00. The molecule has 1 atom stereocenters. The summed E-state index contributed by atoms with van der Waals surface area (Å²) in [5.41, 5.74) is 15.0. The highest BCUT2D eigenvalue weighted by Crippen LogP contribution is 2.35. The van der Waals surface area contributed by atoms with E-state index < -0.39 is 0 Å². The number of benzene rings is 1. The van der Waals surface area contributed by atoms with Crippen molar-refractivity contribution in [3.63, 3.8) is 0 Å². The first-order valence-electron chi connectivity index (χ1n) is 7.03. The second kappa shape index (κ2) is 5.96. The zero-order valence-corrected chi connectivity index (χ0v) is 13.8. The number of furan rings is 1. The van der Waals surface area contributed by atoms with Crippen molar-refractivity contribution in [2.45, 2.75) is 25.7 Å². The van der Waals surface area contributed by atoms with Crippen LogP contribution in [-0.4, -0.2) is 11.7 Å². The van der Waals surface area contributed by atoms with E-state index in [1.165, 1.54) is 5.56 Å². The number of hydrogen-bond acceptors (Lipinski definition) is 3. The number of nitrogens with zero attached hydrogens (tertiary/aromatic N) is 2. The SMILES string of the molecule is Cc1coc2c1/C(=N/N=C(N)N)CC(c1ccc(Br)cc1)C2. The van der Waals surface area contributed by atoms with E-state index in [2.05, 4.69) is 38.3 Å². The molecule has 4 N–H and O–H groups in total. The van der Waals surface area contributed by atoms with Crippen molar-refractivity contribution in [2.75, 3.05) is 0 Å². The van der Waals surface area contributed by atoms with Crippen LogP contribution in [0.4, 0.5) is 0 Å². The van der Waals surface area contributed by atoms with Crippen LogP contribution in [0.15, 0.2) is 49.6 Å². The van der Waals surface area contributed by atoms with Gasteiger partial charge in [0.05, 0.1) is 12.0 Å². The van der Waals surface area contributed by atoms with Crippen LogP contribution in [0.25, 0.3) is 0 Å². The maximum absolute atomic E-state index is 5.70. The summed E-state index contributed by atoms with van der Waals surface area (Å²) in [7, 11) is 0. The van der Waals surface area contributed by atoms with Gasteiger partial charge in [-0.2, -0.15) is 5.10 Å². The van der Waals surface area contributed by atoms with Gasteiger partial charge in [0.2, 0.25) is 5.96 Å². The minimum atomic E-state index is -0.0408. The monoisotopic (exact) mass is 360 g/mol. The smallest absolute Gasteiger partial charge is 0.211 e. The molecule has 1 heterocycles. The molecule has 0 saturated heterocycles. The van der Waals surface area contributed by atoms with Gasteiger partial charge in [-0.3, -0.25) is 0 Å². The van der Waals surface area contributed by atoms with Gasteiger partial charge < -0.3 is 15.9 Å². The van der Waals surface area contributed by atoms with Gasteiger partial charge in [0, 0.05) is 16.5 Å². The van der Waals surface area contributed by atoms with Crippen LogP contribution in [0.2, 0.25) is 0 Å². The van der Waals surface area contributed by atoms with Gasteiger partial charge in [-0.25, -0.2) is 0 Å². The van der Waals surface area contributed by atoms with Gasteiger partial charge in [-0.05, 0) is 42.5 Å². The molecule has 0 radical (unpaired) electrons. The fourth-order valence-electron chi connectivity index (χ4n) is 2.85. The molecular formula is C16H17BrN4O. The molecule has 1 unspecified atom stereocenters. The molecule has 1 aliphatic rings. The lowest BCUT2D eigenvalue weighted by Crippen LogP contribution is -2.23. The number of fused-ring (bicyclic) bond motifs is 1. The molecule has 114 valence electrons. The van der Waals surface area contributed by atoms with E-state index in [4.69, 9.17) is 15.9 Å². The summed E-state index contributed by atoms with van der Waals surface area (Å²) in [4.78, 5) is 0. The summed E-state index contributed by atoms with van der Waals surface area (Å²) in [5, 5.41) is 8.06. The van der Waals surface area contributed by atoms with Gasteiger partial charge in [0.15, 0.2) is 0 Å². The molecule has 0 amide bonds. The lowest BCUT2D eigenvalue weighted by Gasteiger charge is -2.23. The highest BCUT2D eigenvalue weighted by atomic mass is 79.9. The van der Waals surface area contributed by atoms with Crippen molar-refractivity contribution < 1.29 is 4.42 Å². The van der Waals surface area contributed by atoms with Crippen molar-refractivity contribution in [3.05, 3.63) is 57.5 Å². The van der Waals surface area contributed by atoms with Crippen molar-refractivity contribution in [1.82, 2.24) is 0 Å². The molecule has 0 spiro atoms. The van der Waals surface area contributed by atoms with E-state index in [-0.39, 0.29) is 5.96 Å². The molecular weight excluding hydrogens is 344 g/mol. The molecule has 1 aliphatic carbocycles. The molecule has 3 rings (SSSR count). The Kier molecular flexibility index (Phi) is 4.02. The average molecular weight is 361 g/mol.